The molecule has 1 heterocycles. The minimum absolute atomic E-state index is 0.300. The number of halogens is 1. The third kappa shape index (κ3) is 2.60. The van der Waals surface area contributed by atoms with E-state index in [2.05, 4.69) is 10.3 Å². The van der Waals surface area contributed by atoms with Gasteiger partial charge in [0.05, 0.1) is 5.56 Å². The topological polar surface area (TPSA) is 68.0 Å². The number of hydrogen-bond acceptors (Lipinski definition) is 3. The number of nitrogens with zero attached hydrogens (tertiary/aromatic N) is 1. The maximum absolute atomic E-state index is 12.0. The first-order valence-corrected chi connectivity index (χ1v) is 5.73. The average molecular weight is 262 g/mol. The molecule has 1 amide bonds. The number of anilines is 2. The van der Waals surface area contributed by atoms with Crippen molar-refractivity contribution in [2.24, 2.45) is 0 Å². The van der Waals surface area contributed by atoms with E-state index >= 15 is 0 Å². The average Bonchev–Trinajstić information content (AvgIpc) is 2.32. The Hall–Kier alpha value is -2.07. The van der Waals surface area contributed by atoms with Crippen molar-refractivity contribution >= 4 is 29.0 Å². The van der Waals surface area contributed by atoms with Gasteiger partial charge in [-0.1, -0.05) is 17.7 Å². The van der Waals surface area contributed by atoms with Crippen LogP contribution in [0.5, 0.6) is 0 Å². The fourth-order valence-corrected chi connectivity index (χ4v) is 1.71. The summed E-state index contributed by atoms with van der Waals surface area (Å²) in [6, 6.07) is 8.43. The fourth-order valence-electron chi connectivity index (χ4n) is 1.53. The maximum atomic E-state index is 12.0. The van der Waals surface area contributed by atoms with E-state index in [0.29, 0.717) is 22.1 Å². The molecule has 2 aromatic rings. The van der Waals surface area contributed by atoms with Gasteiger partial charge < -0.3 is 11.1 Å². The van der Waals surface area contributed by atoms with Crippen LogP contribution in [0.1, 0.15) is 15.9 Å². The second-order valence-electron chi connectivity index (χ2n) is 3.85. The number of amides is 1. The van der Waals surface area contributed by atoms with Gasteiger partial charge in [-0.15, -0.1) is 0 Å². The van der Waals surface area contributed by atoms with E-state index in [-0.39, 0.29) is 5.91 Å². The number of nitrogens with one attached hydrogen (secondary N) is 1. The summed E-state index contributed by atoms with van der Waals surface area (Å²) in [6.07, 6.45) is 1.62. The third-order valence-corrected chi connectivity index (χ3v) is 2.73. The molecule has 1 aromatic carbocycles. The summed E-state index contributed by atoms with van der Waals surface area (Å²) in [6.45, 7) is 1.87. The molecular formula is C13H12ClN3O. The van der Waals surface area contributed by atoms with Gasteiger partial charge in [-0.2, -0.15) is 0 Å². The second kappa shape index (κ2) is 5.06. The molecular weight excluding hydrogens is 250 g/mol. The van der Waals surface area contributed by atoms with Gasteiger partial charge in [0, 0.05) is 16.9 Å². The van der Waals surface area contributed by atoms with E-state index in [0.717, 1.165) is 5.56 Å². The smallest absolute Gasteiger partial charge is 0.258 e. The molecule has 0 saturated carbocycles. The van der Waals surface area contributed by atoms with Gasteiger partial charge in [0.1, 0.15) is 5.82 Å². The highest BCUT2D eigenvalue weighted by atomic mass is 35.5. The number of carbonyl (C=O) groups excluding carboxylic acids is 1. The van der Waals surface area contributed by atoms with Crippen molar-refractivity contribution in [3.63, 3.8) is 0 Å². The molecule has 4 nitrogen and oxygen atoms in total. The Balaban J connectivity index is 2.25. The molecule has 92 valence electrons. The SMILES string of the molecule is Cc1cccnc1NC(=O)c1ccc(Cl)cc1N. The van der Waals surface area contributed by atoms with Crippen molar-refractivity contribution in [2.45, 2.75) is 6.92 Å². The minimum Gasteiger partial charge on any atom is -0.398 e. The normalized spacial score (nSPS) is 10.1. The van der Waals surface area contributed by atoms with E-state index in [1.807, 2.05) is 19.1 Å². The highest BCUT2D eigenvalue weighted by Gasteiger charge is 2.11. The molecule has 0 fully saturated rings. The number of aromatic nitrogens is 1. The van der Waals surface area contributed by atoms with Crippen LogP contribution in [0.25, 0.3) is 0 Å². The van der Waals surface area contributed by atoms with Crippen molar-refractivity contribution in [3.8, 4) is 0 Å². The summed E-state index contributed by atoms with van der Waals surface area (Å²) in [5.41, 5.74) is 7.36. The Morgan fingerprint density at radius 2 is 2.17 bits per heavy atom. The number of pyridine rings is 1. The highest BCUT2D eigenvalue weighted by Crippen LogP contribution is 2.19. The molecule has 0 unspecified atom stereocenters. The van der Waals surface area contributed by atoms with Gasteiger partial charge in [-0.05, 0) is 36.8 Å². The van der Waals surface area contributed by atoms with Gasteiger partial charge >= 0.3 is 0 Å². The maximum Gasteiger partial charge on any atom is 0.258 e. The first kappa shape index (κ1) is 12.4. The lowest BCUT2D eigenvalue weighted by molar-refractivity contribution is 0.102. The Bertz CT molecular complexity index is 599. The fraction of sp³-hybridized carbons (Fsp3) is 0.0769. The standard InChI is InChI=1S/C13H12ClN3O/c1-8-3-2-6-16-12(8)17-13(18)10-5-4-9(14)7-11(10)15/h2-7H,15H2,1H3,(H,16,17,18). The summed E-state index contributed by atoms with van der Waals surface area (Å²) < 4.78 is 0. The summed E-state index contributed by atoms with van der Waals surface area (Å²) >= 11 is 5.78. The van der Waals surface area contributed by atoms with Crippen LogP contribution in [0, 0.1) is 6.92 Å². The molecule has 0 atom stereocenters. The van der Waals surface area contributed by atoms with Crippen LogP contribution in [-0.4, -0.2) is 10.9 Å². The molecule has 0 bridgehead atoms. The van der Waals surface area contributed by atoms with Crippen molar-refractivity contribution in [2.75, 3.05) is 11.1 Å². The zero-order valence-electron chi connectivity index (χ0n) is 9.77. The molecule has 0 aliphatic carbocycles. The molecule has 0 aliphatic rings. The van der Waals surface area contributed by atoms with Crippen LogP contribution >= 0.6 is 11.6 Å². The Labute approximate surface area is 110 Å². The zero-order chi connectivity index (χ0) is 13.1. The third-order valence-electron chi connectivity index (χ3n) is 2.50. The van der Waals surface area contributed by atoms with Crippen molar-refractivity contribution < 1.29 is 4.79 Å². The van der Waals surface area contributed by atoms with Crippen LogP contribution in [0.15, 0.2) is 36.5 Å². The van der Waals surface area contributed by atoms with Crippen LogP contribution in [0.3, 0.4) is 0 Å². The zero-order valence-corrected chi connectivity index (χ0v) is 10.5. The number of hydrogen-bond donors (Lipinski definition) is 2. The van der Waals surface area contributed by atoms with Crippen LogP contribution in [-0.2, 0) is 0 Å². The minimum atomic E-state index is -0.300. The molecule has 0 saturated heterocycles. The number of benzene rings is 1. The second-order valence-corrected chi connectivity index (χ2v) is 4.29. The molecule has 0 spiro atoms. The lowest BCUT2D eigenvalue weighted by atomic mass is 10.1. The van der Waals surface area contributed by atoms with E-state index in [4.69, 9.17) is 17.3 Å². The predicted molar refractivity (Wildman–Crippen MR) is 72.8 cm³/mol. The summed E-state index contributed by atoms with van der Waals surface area (Å²) in [4.78, 5) is 16.1. The number of nitrogen functional groups attached to an aromatic ring is 1. The molecule has 5 heteroatoms. The van der Waals surface area contributed by atoms with E-state index in [1.165, 1.54) is 0 Å². The van der Waals surface area contributed by atoms with Crippen molar-refractivity contribution in [1.82, 2.24) is 4.98 Å². The van der Waals surface area contributed by atoms with E-state index in [1.54, 1.807) is 24.4 Å². The molecule has 3 N–H and O–H groups in total. The molecule has 0 aliphatic heterocycles. The Kier molecular flexibility index (Phi) is 3.48. The summed E-state index contributed by atoms with van der Waals surface area (Å²) in [5.74, 6) is 0.225. The summed E-state index contributed by atoms with van der Waals surface area (Å²) in [5, 5.41) is 3.21. The number of carbonyl (C=O) groups is 1. The lowest BCUT2D eigenvalue weighted by Gasteiger charge is -2.08. The Morgan fingerprint density at radius 1 is 1.39 bits per heavy atom. The quantitative estimate of drug-likeness (QED) is 0.817. The van der Waals surface area contributed by atoms with Gasteiger partial charge in [-0.3, -0.25) is 4.79 Å². The Morgan fingerprint density at radius 3 is 2.83 bits per heavy atom. The number of nitrogens with two attached hydrogens (primary N) is 1. The predicted octanol–water partition coefficient (Wildman–Crippen LogP) is 2.88. The monoisotopic (exact) mass is 261 g/mol. The first-order chi connectivity index (χ1) is 8.58. The van der Waals surface area contributed by atoms with Crippen LogP contribution in [0.2, 0.25) is 5.02 Å². The van der Waals surface area contributed by atoms with Gasteiger partial charge in [0.2, 0.25) is 0 Å². The molecule has 18 heavy (non-hydrogen) atoms. The van der Waals surface area contributed by atoms with Crippen LogP contribution in [0.4, 0.5) is 11.5 Å². The van der Waals surface area contributed by atoms with E-state index in [9.17, 15) is 4.79 Å². The largest absolute Gasteiger partial charge is 0.398 e. The van der Waals surface area contributed by atoms with Crippen LogP contribution < -0.4 is 11.1 Å². The van der Waals surface area contributed by atoms with Gasteiger partial charge in [0.25, 0.3) is 5.91 Å². The lowest BCUT2D eigenvalue weighted by Crippen LogP contribution is -2.15. The van der Waals surface area contributed by atoms with E-state index < -0.39 is 0 Å². The van der Waals surface area contributed by atoms with Gasteiger partial charge in [-0.25, -0.2) is 4.98 Å². The van der Waals surface area contributed by atoms with Gasteiger partial charge in [0.15, 0.2) is 0 Å². The summed E-state index contributed by atoms with van der Waals surface area (Å²) in [7, 11) is 0. The number of aryl methyl sites for hydroxylation is 1. The first-order valence-electron chi connectivity index (χ1n) is 5.36. The van der Waals surface area contributed by atoms with Crippen molar-refractivity contribution in [1.29, 1.82) is 0 Å². The number of rotatable bonds is 2. The molecule has 1 aromatic heterocycles. The highest BCUT2D eigenvalue weighted by molar-refractivity contribution is 6.31. The van der Waals surface area contributed by atoms with Crippen molar-refractivity contribution in [3.05, 3.63) is 52.7 Å². The molecule has 2 rings (SSSR count). The molecule has 0 radical (unpaired) electrons.